The maximum absolute atomic E-state index is 13.0. The Morgan fingerprint density at radius 1 is 1.17 bits per heavy atom. The van der Waals surface area contributed by atoms with Gasteiger partial charge in [-0.1, -0.05) is 37.8 Å². The first kappa shape index (κ1) is 26.7. The number of benzene rings is 1. The molecule has 0 radical (unpaired) electrons. The van der Waals surface area contributed by atoms with E-state index in [0.29, 0.717) is 11.5 Å². The second kappa shape index (κ2) is 14.7. The van der Waals surface area contributed by atoms with Gasteiger partial charge in [-0.15, -0.1) is 0 Å². The number of hydrogen-bond donors (Lipinski definition) is 3. The maximum atomic E-state index is 13.0. The fourth-order valence-corrected chi connectivity index (χ4v) is 3.27. The zero-order valence-electron chi connectivity index (χ0n) is 17.3. The number of halogens is 2. The van der Waals surface area contributed by atoms with Crippen LogP contribution in [0.2, 0.25) is 0 Å². The molecule has 2 atom stereocenters. The van der Waals surface area contributed by atoms with E-state index < -0.39 is 24.2 Å². The molecule has 0 aromatic heterocycles. The van der Waals surface area contributed by atoms with Crippen molar-refractivity contribution >= 4 is 12.7 Å². The molecule has 2 unspecified atom stereocenters. The second-order valence-electron chi connectivity index (χ2n) is 7.00. The zero-order chi connectivity index (χ0) is 22.4. The van der Waals surface area contributed by atoms with Crippen LogP contribution < -0.4 is 11.2 Å². The van der Waals surface area contributed by atoms with E-state index in [4.69, 9.17) is 10.0 Å². The summed E-state index contributed by atoms with van der Waals surface area (Å²) in [7, 11) is 1.50. The summed E-state index contributed by atoms with van der Waals surface area (Å²) >= 11 is 0. The van der Waals surface area contributed by atoms with Gasteiger partial charge in [0.05, 0.1) is 5.92 Å². The number of carbonyl (C=O) groups is 2. The van der Waals surface area contributed by atoms with Gasteiger partial charge in [0.2, 0.25) is 6.43 Å². The number of hydroxylamine groups is 1. The molecule has 0 saturated heterocycles. The van der Waals surface area contributed by atoms with E-state index >= 15 is 0 Å². The molecule has 1 aromatic rings. The smallest absolute Gasteiger partial charge is 0.251 e. The summed E-state index contributed by atoms with van der Waals surface area (Å²) < 4.78 is 26.0. The molecule has 1 aliphatic carbocycles. The summed E-state index contributed by atoms with van der Waals surface area (Å²) in [5.41, 5.74) is 7.23. The molecular formula is C22H32F2N2O3. The van der Waals surface area contributed by atoms with Gasteiger partial charge in [-0.2, -0.15) is 0 Å². The minimum absolute atomic E-state index is 0.419. The third-order valence-electron chi connectivity index (χ3n) is 5.02. The highest BCUT2D eigenvalue weighted by molar-refractivity contribution is 5.83. The number of rotatable bonds is 4. The first-order valence-electron chi connectivity index (χ1n) is 9.62. The molecule has 1 aromatic carbocycles. The number of carbonyl (C=O) groups excluding carboxylic acids is 2. The summed E-state index contributed by atoms with van der Waals surface area (Å²) in [4.78, 5) is 19.8. The monoisotopic (exact) mass is 410 g/mol. The molecule has 7 heteroatoms. The lowest BCUT2D eigenvalue weighted by Crippen LogP contribution is -2.33. The van der Waals surface area contributed by atoms with Crippen LogP contribution in [0.25, 0.3) is 0 Å². The van der Waals surface area contributed by atoms with Crippen molar-refractivity contribution in [1.29, 1.82) is 0 Å². The molecule has 5 nitrogen and oxygen atoms in total. The van der Waals surface area contributed by atoms with Gasteiger partial charge in [0.25, 0.3) is 5.91 Å². The predicted molar refractivity (Wildman–Crippen MR) is 110 cm³/mol. The highest BCUT2D eigenvalue weighted by Gasteiger charge is 2.32. The summed E-state index contributed by atoms with van der Waals surface area (Å²) in [5.74, 6) is 4.50. The highest BCUT2D eigenvalue weighted by atomic mass is 19.3. The van der Waals surface area contributed by atoms with Crippen LogP contribution in [0.3, 0.4) is 0 Å². The third kappa shape index (κ3) is 8.71. The fraction of sp³-hybridized carbons (Fsp3) is 0.545. The van der Waals surface area contributed by atoms with Crippen molar-refractivity contribution in [3.63, 3.8) is 0 Å². The van der Waals surface area contributed by atoms with Crippen LogP contribution >= 0.6 is 0 Å². The van der Waals surface area contributed by atoms with E-state index in [2.05, 4.69) is 24.5 Å². The minimum Gasteiger partial charge on any atom is -0.333 e. The van der Waals surface area contributed by atoms with Crippen molar-refractivity contribution in [2.75, 3.05) is 7.05 Å². The van der Waals surface area contributed by atoms with Crippen LogP contribution in [0.5, 0.6) is 0 Å². The Morgan fingerprint density at radius 3 is 2.14 bits per heavy atom. The van der Waals surface area contributed by atoms with Crippen LogP contribution in [-0.4, -0.2) is 31.4 Å². The number of amides is 1. The van der Waals surface area contributed by atoms with E-state index in [1.807, 2.05) is 6.79 Å². The molecule has 0 aliphatic heterocycles. The lowest BCUT2D eigenvalue weighted by molar-refractivity contribution is -0.133. The van der Waals surface area contributed by atoms with Crippen LogP contribution in [0, 0.1) is 29.6 Å². The van der Waals surface area contributed by atoms with Gasteiger partial charge in [0.1, 0.15) is 6.79 Å². The van der Waals surface area contributed by atoms with Crippen LogP contribution in [0.4, 0.5) is 8.78 Å². The quantitative estimate of drug-likeness (QED) is 0.400. The Morgan fingerprint density at radius 2 is 1.69 bits per heavy atom. The van der Waals surface area contributed by atoms with Crippen LogP contribution in [0.1, 0.15) is 56.6 Å². The number of nitrogens with two attached hydrogens (primary N) is 1. The summed E-state index contributed by atoms with van der Waals surface area (Å²) in [6.45, 7) is 5.56. The normalized spacial score (nSPS) is 19.9. The van der Waals surface area contributed by atoms with E-state index in [9.17, 15) is 13.6 Å². The highest BCUT2D eigenvalue weighted by Crippen LogP contribution is 2.30. The first-order chi connectivity index (χ1) is 13.9. The number of nitrogens with one attached hydrogen (secondary N) is 1. The van der Waals surface area contributed by atoms with E-state index in [0.717, 1.165) is 24.3 Å². The molecule has 1 amide bonds. The molecule has 0 bridgehead atoms. The average Bonchev–Trinajstić information content (AvgIpc) is 2.77. The standard InChI is InChI=1S/C20H25F2NO2.CH5N.CH2O/c1-13-3-5-15(6-4-13)7-8-16-9-11-17(12-10-16)18(20(24)23-25)14(2)19(21)22;2*1-2/h9-15,18-19,25H,3-6H2,1-2H3,(H,23,24);2H2,1H3;1H2. The molecular weight excluding hydrogens is 378 g/mol. The summed E-state index contributed by atoms with van der Waals surface area (Å²) in [6.07, 6.45) is 2.01. The maximum Gasteiger partial charge on any atom is 0.251 e. The van der Waals surface area contributed by atoms with Crippen molar-refractivity contribution in [3.05, 3.63) is 35.4 Å². The van der Waals surface area contributed by atoms with Crippen molar-refractivity contribution in [2.24, 2.45) is 23.5 Å². The minimum atomic E-state index is -2.66. The third-order valence-corrected chi connectivity index (χ3v) is 5.02. The molecule has 2 rings (SSSR count). The Balaban J connectivity index is 0.00000184. The van der Waals surface area contributed by atoms with Gasteiger partial charge in [0.15, 0.2) is 0 Å². The Bertz CT molecular complexity index is 648. The van der Waals surface area contributed by atoms with Gasteiger partial charge < -0.3 is 10.5 Å². The van der Waals surface area contributed by atoms with Gasteiger partial charge in [-0.25, -0.2) is 14.3 Å². The Hall–Kier alpha value is -2.30. The molecule has 0 heterocycles. The second-order valence-corrected chi connectivity index (χ2v) is 7.00. The van der Waals surface area contributed by atoms with Gasteiger partial charge in [0, 0.05) is 17.4 Å². The van der Waals surface area contributed by atoms with Gasteiger partial charge in [-0.05, 0) is 56.3 Å². The van der Waals surface area contributed by atoms with Crippen LogP contribution in [-0.2, 0) is 9.59 Å². The van der Waals surface area contributed by atoms with Crippen molar-refractivity contribution in [1.82, 2.24) is 5.48 Å². The van der Waals surface area contributed by atoms with E-state index in [1.54, 1.807) is 24.3 Å². The van der Waals surface area contributed by atoms with Crippen LogP contribution in [0.15, 0.2) is 24.3 Å². The Labute approximate surface area is 172 Å². The van der Waals surface area contributed by atoms with E-state index in [1.165, 1.54) is 32.3 Å². The molecule has 29 heavy (non-hydrogen) atoms. The molecule has 162 valence electrons. The summed E-state index contributed by atoms with van der Waals surface area (Å²) in [6, 6.07) is 6.74. The molecule has 1 saturated carbocycles. The molecule has 1 fully saturated rings. The number of hydrogen-bond acceptors (Lipinski definition) is 4. The lowest BCUT2D eigenvalue weighted by atomic mass is 9.83. The van der Waals surface area contributed by atoms with Crippen molar-refractivity contribution in [3.8, 4) is 11.8 Å². The SMILES string of the molecule is C=O.CC1CCC(C#Cc2ccc(C(C(=O)NO)C(C)C(F)F)cc2)CC1.CN. The molecule has 0 spiro atoms. The summed E-state index contributed by atoms with van der Waals surface area (Å²) in [5, 5.41) is 8.83. The first-order valence-corrected chi connectivity index (χ1v) is 9.62. The molecule has 1 aliphatic rings. The largest absolute Gasteiger partial charge is 0.333 e. The Kier molecular flexibility index (Phi) is 13.5. The average molecular weight is 411 g/mol. The topological polar surface area (TPSA) is 92.4 Å². The molecule has 4 N–H and O–H groups in total. The van der Waals surface area contributed by atoms with E-state index in [-0.39, 0.29) is 0 Å². The fourth-order valence-electron chi connectivity index (χ4n) is 3.27. The van der Waals surface area contributed by atoms with Crippen molar-refractivity contribution < 1.29 is 23.6 Å². The predicted octanol–water partition coefficient (Wildman–Crippen LogP) is 3.74. The number of alkyl halides is 2. The zero-order valence-corrected chi connectivity index (χ0v) is 17.3. The lowest BCUT2D eigenvalue weighted by Gasteiger charge is -2.22. The van der Waals surface area contributed by atoms with Crippen molar-refractivity contribution in [2.45, 2.75) is 51.9 Å². The van der Waals surface area contributed by atoms with Gasteiger partial charge >= 0.3 is 0 Å². The van der Waals surface area contributed by atoms with Gasteiger partial charge in [-0.3, -0.25) is 10.0 Å².